The molecular formula is C9H17NO. The van der Waals surface area contributed by atoms with Crippen LogP contribution in [0.1, 0.15) is 33.6 Å². The van der Waals surface area contributed by atoms with E-state index in [2.05, 4.69) is 12.2 Å². The molecule has 0 aromatic carbocycles. The number of carbonyl (C=O) groups excluding carboxylic acids is 1. The highest BCUT2D eigenvalue weighted by molar-refractivity contribution is 5.78. The minimum atomic E-state index is 0.183. The Bertz CT molecular complexity index is 156. The molecule has 3 unspecified atom stereocenters. The summed E-state index contributed by atoms with van der Waals surface area (Å²) in [5.41, 5.74) is 0. The van der Waals surface area contributed by atoms with E-state index in [-0.39, 0.29) is 11.8 Å². The van der Waals surface area contributed by atoms with Gasteiger partial charge in [0.1, 0.15) is 0 Å². The summed E-state index contributed by atoms with van der Waals surface area (Å²) in [6.07, 6.45) is 2.11. The molecule has 0 saturated heterocycles. The van der Waals surface area contributed by atoms with Crippen molar-refractivity contribution in [3.05, 3.63) is 0 Å². The molecule has 1 rings (SSSR count). The van der Waals surface area contributed by atoms with Crippen LogP contribution in [0.25, 0.3) is 0 Å². The Morgan fingerprint density at radius 1 is 1.73 bits per heavy atom. The molecule has 2 heteroatoms. The van der Waals surface area contributed by atoms with Crippen LogP contribution in [0.5, 0.6) is 0 Å². The van der Waals surface area contributed by atoms with Crippen molar-refractivity contribution in [2.75, 3.05) is 0 Å². The summed E-state index contributed by atoms with van der Waals surface area (Å²) in [7, 11) is 0. The van der Waals surface area contributed by atoms with Crippen molar-refractivity contribution < 1.29 is 4.79 Å². The lowest BCUT2D eigenvalue weighted by molar-refractivity contribution is -0.124. The van der Waals surface area contributed by atoms with Crippen LogP contribution in [0.4, 0.5) is 0 Å². The van der Waals surface area contributed by atoms with E-state index >= 15 is 0 Å². The van der Waals surface area contributed by atoms with Crippen molar-refractivity contribution in [2.45, 2.75) is 39.7 Å². The van der Waals surface area contributed by atoms with Gasteiger partial charge >= 0.3 is 0 Å². The normalized spacial score (nSPS) is 31.2. The Hall–Kier alpha value is -0.530. The van der Waals surface area contributed by atoms with E-state index in [1.807, 2.05) is 13.8 Å². The number of carbonyl (C=O) groups is 1. The second-order valence-electron chi connectivity index (χ2n) is 3.64. The van der Waals surface area contributed by atoms with Gasteiger partial charge in [-0.2, -0.15) is 0 Å². The zero-order valence-electron chi connectivity index (χ0n) is 7.55. The summed E-state index contributed by atoms with van der Waals surface area (Å²) < 4.78 is 0. The van der Waals surface area contributed by atoms with Gasteiger partial charge in [-0.3, -0.25) is 4.79 Å². The average Bonchev–Trinajstić information content (AvgIpc) is 2.65. The van der Waals surface area contributed by atoms with Gasteiger partial charge in [0.2, 0.25) is 5.91 Å². The van der Waals surface area contributed by atoms with Gasteiger partial charge in [0.15, 0.2) is 0 Å². The predicted molar refractivity (Wildman–Crippen MR) is 45.2 cm³/mol. The number of amides is 1. The van der Waals surface area contributed by atoms with Crippen LogP contribution in [-0.4, -0.2) is 11.9 Å². The minimum absolute atomic E-state index is 0.183. The molecule has 11 heavy (non-hydrogen) atoms. The number of rotatable bonds is 3. The highest BCUT2D eigenvalue weighted by Gasteiger charge is 2.34. The van der Waals surface area contributed by atoms with Gasteiger partial charge in [-0.05, 0) is 18.8 Å². The molecule has 1 saturated carbocycles. The Morgan fingerprint density at radius 3 is 2.64 bits per heavy atom. The van der Waals surface area contributed by atoms with Crippen LogP contribution in [-0.2, 0) is 4.79 Å². The maximum atomic E-state index is 11.3. The minimum Gasteiger partial charge on any atom is -0.353 e. The van der Waals surface area contributed by atoms with Crippen LogP contribution in [0.2, 0.25) is 0 Å². The Kier molecular flexibility index (Phi) is 2.53. The van der Waals surface area contributed by atoms with Gasteiger partial charge in [0.05, 0.1) is 0 Å². The molecule has 1 aliphatic carbocycles. The average molecular weight is 155 g/mol. The highest BCUT2D eigenvalue weighted by Crippen LogP contribution is 2.29. The van der Waals surface area contributed by atoms with Crippen molar-refractivity contribution in [1.29, 1.82) is 0 Å². The van der Waals surface area contributed by atoms with Crippen LogP contribution >= 0.6 is 0 Å². The number of hydrogen-bond donors (Lipinski definition) is 1. The first-order valence-electron chi connectivity index (χ1n) is 4.45. The molecule has 0 aliphatic heterocycles. The standard InChI is InChI=1S/C9H17NO/c1-4-6(2)9(11)10-8-5-7(8)3/h6-8H,4-5H2,1-3H3,(H,10,11). The first-order valence-corrected chi connectivity index (χ1v) is 4.45. The Balaban J connectivity index is 2.21. The maximum absolute atomic E-state index is 11.3. The summed E-state index contributed by atoms with van der Waals surface area (Å²) in [6, 6.07) is 0.483. The van der Waals surface area contributed by atoms with Crippen molar-refractivity contribution in [3.63, 3.8) is 0 Å². The smallest absolute Gasteiger partial charge is 0.223 e. The highest BCUT2D eigenvalue weighted by atomic mass is 16.1. The van der Waals surface area contributed by atoms with Crippen molar-refractivity contribution >= 4 is 5.91 Å². The maximum Gasteiger partial charge on any atom is 0.223 e. The van der Waals surface area contributed by atoms with Gasteiger partial charge in [-0.1, -0.05) is 20.8 Å². The largest absolute Gasteiger partial charge is 0.353 e. The second-order valence-corrected chi connectivity index (χ2v) is 3.64. The molecule has 0 heterocycles. The summed E-state index contributed by atoms with van der Waals surface area (Å²) in [6.45, 7) is 6.19. The molecule has 0 aromatic rings. The molecule has 1 amide bonds. The molecule has 3 atom stereocenters. The summed E-state index contributed by atoms with van der Waals surface area (Å²) in [4.78, 5) is 11.3. The third kappa shape index (κ3) is 2.21. The third-order valence-electron chi connectivity index (χ3n) is 2.50. The van der Waals surface area contributed by atoms with Crippen molar-refractivity contribution in [1.82, 2.24) is 5.32 Å². The fraction of sp³-hybridized carbons (Fsp3) is 0.889. The Morgan fingerprint density at radius 2 is 2.27 bits per heavy atom. The zero-order valence-corrected chi connectivity index (χ0v) is 7.55. The van der Waals surface area contributed by atoms with Crippen LogP contribution in [0, 0.1) is 11.8 Å². The predicted octanol–water partition coefficient (Wildman–Crippen LogP) is 1.56. The molecule has 1 aliphatic rings. The van der Waals surface area contributed by atoms with Crippen LogP contribution in [0.3, 0.4) is 0 Å². The van der Waals surface area contributed by atoms with Crippen LogP contribution in [0.15, 0.2) is 0 Å². The lowest BCUT2D eigenvalue weighted by Gasteiger charge is -2.08. The fourth-order valence-corrected chi connectivity index (χ4v) is 1.03. The summed E-state index contributed by atoms with van der Waals surface area (Å²) in [5, 5.41) is 3.02. The third-order valence-corrected chi connectivity index (χ3v) is 2.50. The van der Waals surface area contributed by atoms with E-state index in [0.29, 0.717) is 12.0 Å². The van der Waals surface area contributed by atoms with Gasteiger partial charge in [0.25, 0.3) is 0 Å². The molecule has 0 bridgehead atoms. The van der Waals surface area contributed by atoms with Gasteiger partial charge in [-0.15, -0.1) is 0 Å². The van der Waals surface area contributed by atoms with E-state index in [1.165, 1.54) is 6.42 Å². The second kappa shape index (κ2) is 3.24. The number of nitrogens with one attached hydrogen (secondary N) is 1. The lowest BCUT2D eigenvalue weighted by Crippen LogP contribution is -2.31. The molecular weight excluding hydrogens is 138 g/mol. The zero-order chi connectivity index (χ0) is 8.43. The number of hydrogen-bond acceptors (Lipinski definition) is 1. The SMILES string of the molecule is CCC(C)C(=O)NC1CC1C. The van der Waals surface area contributed by atoms with E-state index < -0.39 is 0 Å². The van der Waals surface area contributed by atoms with Crippen molar-refractivity contribution in [3.8, 4) is 0 Å². The van der Waals surface area contributed by atoms with E-state index in [1.54, 1.807) is 0 Å². The van der Waals surface area contributed by atoms with Crippen LogP contribution < -0.4 is 5.32 Å². The topological polar surface area (TPSA) is 29.1 Å². The van der Waals surface area contributed by atoms with Gasteiger partial charge in [0, 0.05) is 12.0 Å². The van der Waals surface area contributed by atoms with Gasteiger partial charge < -0.3 is 5.32 Å². The first-order chi connectivity index (χ1) is 5.15. The van der Waals surface area contributed by atoms with E-state index in [0.717, 1.165) is 6.42 Å². The molecule has 2 nitrogen and oxygen atoms in total. The summed E-state index contributed by atoms with van der Waals surface area (Å²) >= 11 is 0. The lowest BCUT2D eigenvalue weighted by atomic mass is 10.1. The molecule has 0 radical (unpaired) electrons. The molecule has 1 N–H and O–H groups in total. The van der Waals surface area contributed by atoms with Gasteiger partial charge in [-0.25, -0.2) is 0 Å². The van der Waals surface area contributed by atoms with E-state index in [9.17, 15) is 4.79 Å². The molecule has 1 fully saturated rings. The summed E-state index contributed by atoms with van der Waals surface area (Å²) in [5.74, 6) is 1.12. The molecule has 0 aromatic heterocycles. The molecule has 0 spiro atoms. The Labute approximate surface area is 68.4 Å². The fourth-order valence-electron chi connectivity index (χ4n) is 1.03. The van der Waals surface area contributed by atoms with Crippen molar-refractivity contribution in [2.24, 2.45) is 11.8 Å². The van der Waals surface area contributed by atoms with E-state index in [4.69, 9.17) is 0 Å². The first kappa shape index (κ1) is 8.57. The quantitative estimate of drug-likeness (QED) is 0.658. The monoisotopic (exact) mass is 155 g/mol. The molecule has 64 valence electrons.